The molecule has 1 unspecified atom stereocenters. The average Bonchev–Trinajstić information content (AvgIpc) is 2.66. The maximum atomic E-state index is 5.81. The van der Waals surface area contributed by atoms with Crippen LogP contribution in [0.25, 0.3) is 0 Å². The number of hydrogen-bond donors (Lipinski definition) is 0. The number of ether oxygens (including phenoxy) is 1. The van der Waals surface area contributed by atoms with Crippen LogP contribution in [0.4, 0.5) is 0 Å². The highest BCUT2D eigenvalue weighted by Gasteiger charge is 2.23. The van der Waals surface area contributed by atoms with E-state index in [0.717, 1.165) is 18.8 Å². The van der Waals surface area contributed by atoms with E-state index < -0.39 is 0 Å². The van der Waals surface area contributed by atoms with Crippen molar-refractivity contribution in [3.63, 3.8) is 0 Å². The SMILES string of the molecule is C=CC.CC.CCC.Cc1cc2c(cc1C)C(c1ccccc1)CCO2. The van der Waals surface area contributed by atoms with Crippen LogP contribution in [0.15, 0.2) is 55.1 Å². The first kappa shape index (κ1) is 24.0. The number of rotatable bonds is 1. The third kappa shape index (κ3) is 7.47. The highest BCUT2D eigenvalue weighted by Crippen LogP contribution is 2.39. The minimum absolute atomic E-state index is 0.481. The monoisotopic (exact) mass is 354 g/mol. The van der Waals surface area contributed by atoms with Crippen molar-refractivity contribution in [2.75, 3.05) is 6.61 Å². The number of benzene rings is 2. The maximum absolute atomic E-state index is 5.81. The lowest BCUT2D eigenvalue weighted by molar-refractivity contribution is 0.276. The normalized spacial score (nSPS) is 13.9. The van der Waals surface area contributed by atoms with Crippen LogP contribution in [-0.2, 0) is 0 Å². The molecule has 1 aliphatic rings. The first-order chi connectivity index (χ1) is 12.6. The van der Waals surface area contributed by atoms with Gasteiger partial charge in [0.2, 0.25) is 0 Å². The lowest BCUT2D eigenvalue weighted by atomic mass is 9.85. The van der Waals surface area contributed by atoms with E-state index in [2.05, 4.69) is 76.7 Å². The molecule has 1 heterocycles. The zero-order valence-corrected chi connectivity index (χ0v) is 17.9. The van der Waals surface area contributed by atoms with E-state index in [1.807, 2.05) is 20.8 Å². The average molecular weight is 355 g/mol. The van der Waals surface area contributed by atoms with E-state index in [9.17, 15) is 0 Å². The molecule has 1 atom stereocenters. The molecule has 1 heteroatoms. The molecule has 0 amide bonds. The van der Waals surface area contributed by atoms with Gasteiger partial charge in [-0.1, -0.05) is 76.6 Å². The summed E-state index contributed by atoms with van der Waals surface area (Å²) in [4.78, 5) is 0. The minimum atomic E-state index is 0.481. The Labute approximate surface area is 162 Å². The number of allylic oxidation sites excluding steroid dienone is 1. The Balaban J connectivity index is 0.000000679. The summed E-state index contributed by atoms with van der Waals surface area (Å²) in [5, 5.41) is 0. The van der Waals surface area contributed by atoms with Crippen LogP contribution in [0.2, 0.25) is 0 Å². The van der Waals surface area contributed by atoms with E-state index in [0.29, 0.717) is 5.92 Å². The molecule has 0 saturated carbocycles. The Bertz CT molecular complexity index is 614. The highest BCUT2D eigenvalue weighted by molar-refractivity contribution is 5.48. The molecule has 3 rings (SSSR count). The fourth-order valence-electron chi connectivity index (χ4n) is 2.68. The van der Waals surface area contributed by atoms with Crippen molar-refractivity contribution < 1.29 is 4.74 Å². The summed E-state index contributed by atoms with van der Waals surface area (Å²) in [5.74, 6) is 1.55. The van der Waals surface area contributed by atoms with E-state index in [1.54, 1.807) is 6.08 Å². The van der Waals surface area contributed by atoms with Crippen molar-refractivity contribution in [2.45, 2.75) is 67.2 Å². The van der Waals surface area contributed by atoms with Gasteiger partial charge < -0.3 is 4.74 Å². The number of fused-ring (bicyclic) bond motifs is 1. The van der Waals surface area contributed by atoms with Gasteiger partial charge in [0.05, 0.1) is 6.61 Å². The van der Waals surface area contributed by atoms with Crippen molar-refractivity contribution in [3.8, 4) is 5.75 Å². The van der Waals surface area contributed by atoms with Gasteiger partial charge in [-0.05, 0) is 49.9 Å². The third-order valence-corrected chi connectivity index (χ3v) is 3.87. The summed E-state index contributed by atoms with van der Waals surface area (Å²) >= 11 is 0. The summed E-state index contributed by atoms with van der Waals surface area (Å²) in [5.41, 5.74) is 5.39. The lowest BCUT2D eigenvalue weighted by Crippen LogP contribution is -2.15. The number of hydrogen-bond acceptors (Lipinski definition) is 1. The standard InChI is InChI=1S/C17H18O.C3H8.C3H6.C2H6/c1-12-10-16-15(14-6-4-3-5-7-14)8-9-18-17(16)11-13(12)2;2*1-3-2;1-2/h3-7,10-11,15H,8-9H2,1-2H3;3H2,1-2H3;3H,1H2,2H3;1-2H3. The molecule has 2 aromatic rings. The summed E-state index contributed by atoms with van der Waals surface area (Å²) in [6.07, 6.45) is 4.07. The van der Waals surface area contributed by atoms with Crippen molar-refractivity contribution in [3.05, 3.63) is 77.4 Å². The van der Waals surface area contributed by atoms with Gasteiger partial charge in [0, 0.05) is 11.5 Å². The van der Waals surface area contributed by atoms with Crippen LogP contribution in [0, 0.1) is 13.8 Å². The van der Waals surface area contributed by atoms with Crippen molar-refractivity contribution in [1.82, 2.24) is 0 Å². The van der Waals surface area contributed by atoms with Crippen LogP contribution < -0.4 is 4.74 Å². The van der Waals surface area contributed by atoms with Crippen LogP contribution >= 0.6 is 0 Å². The van der Waals surface area contributed by atoms with E-state index in [-0.39, 0.29) is 0 Å². The molecule has 144 valence electrons. The smallest absolute Gasteiger partial charge is 0.123 e. The van der Waals surface area contributed by atoms with E-state index in [1.165, 1.54) is 28.7 Å². The molecular formula is C25H38O. The molecule has 0 aromatic heterocycles. The predicted molar refractivity (Wildman–Crippen MR) is 117 cm³/mol. The van der Waals surface area contributed by atoms with Crippen LogP contribution in [0.3, 0.4) is 0 Å². The molecule has 0 spiro atoms. The molecule has 26 heavy (non-hydrogen) atoms. The van der Waals surface area contributed by atoms with Crippen molar-refractivity contribution in [2.24, 2.45) is 0 Å². The quantitative estimate of drug-likeness (QED) is 0.474. The summed E-state index contributed by atoms with van der Waals surface area (Å²) in [6.45, 7) is 18.6. The molecule has 0 saturated heterocycles. The van der Waals surface area contributed by atoms with Gasteiger partial charge in [0.1, 0.15) is 5.75 Å². The maximum Gasteiger partial charge on any atom is 0.123 e. The zero-order valence-electron chi connectivity index (χ0n) is 17.9. The Morgan fingerprint density at radius 3 is 2.08 bits per heavy atom. The van der Waals surface area contributed by atoms with Gasteiger partial charge >= 0.3 is 0 Å². The van der Waals surface area contributed by atoms with Gasteiger partial charge in [0.15, 0.2) is 0 Å². The predicted octanol–water partition coefficient (Wildman–Crippen LogP) is 7.85. The third-order valence-electron chi connectivity index (χ3n) is 3.87. The van der Waals surface area contributed by atoms with E-state index >= 15 is 0 Å². The second-order valence-corrected chi connectivity index (χ2v) is 6.19. The Morgan fingerprint density at radius 1 is 1.04 bits per heavy atom. The Morgan fingerprint density at radius 2 is 1.54 bits per heavy atom. The minimum Gasteiger partial charge on any atom is -0.493 e. The van der Waals surface area contributed by atoms with Crippen LogP contribution in [0.1, 0.15) is 75.6 Å². The molecule has 0 aliphatic carbocycles. The molecule has 1 nitrogen and oxygen atoms in total. The van der Waals surface area contributed by atoms with Gasteiger partial charge in [-0.15, -0.1) is 6.58 Å². The fourth-order valence-corrected chi connectivity index (χ4v) is 2.68. The van der Waals surface area contributed by atoms with Gasteiger partial charge in [-0.2, -0.15) is 0 Å². The van der Waals surface area contributed by atoms with Crippen molar-refractivity contribution >= 4 is 0 Å². The topological polar surface area (TPSA) is 9.23 Å². The first-order valence-electron chi connectivity index (χ1n) is 9.94. The Kier molecular flexibility index (Phi) is 13.1. The molecular weight excluding hydrogens is 316 g/mol. The fraction of sp³-hybridized carbons (Fsp3) is 0.440. The highest BCUT2D eigenvalue weighted by atomic mass is 16.5. The van der Waals surface area contributed by atoms with Crippen LogP contribution in [-0.4, -0.2) is 6.61 Å². The van der Waals surface area contributed by atoms with Gasteiger partial charge in [-0.3, -0.25) is 0 Å². The second kappa shape index (κ2) is 14.2. The van der Waals surface area contributed by atoms with Crippen LogP contribution in [0.5, 0.6) is 5.75 Å². The summed E-state index contributed by atoms with van der Waals surface area (Å²) < 4.78 is 5.81. The lowest BCUT2D eigenvalue weighted by Gasteiger charge is -2.27. The second-order valence-electron chi connectivity index (χ2n) is 6.19. The number of aryl methyl sites for hydroxylation is 2. The molecule has 0 N–H and O–H groups in total. The summed E-state index contributed by atoms with van der Waals surface area (Å²) in [7, 11) is 0. The van der Waals surface area contributed by atoms with Crippen molar-refractivity contribution in [1.29, 1.82) is 0 Å². The molecule has 0 fully saturated rings. The van der Waals surface area contributed by atoms with Gasteiger partial charge in [0.25, 0.3) is 0 Å². The molecule has 0 radical (unpaired) electrons. The molecule has 1 aliphatic heterocycles. The largest absolute Gasteiger partial charge is 0.493 e. The Hall–Kier alpha value is -2.02. The van der Waals surface area contributed by atoms with E-state index in [4.69, 9.17) is 4.74 Å². The van der Waals surface area contributed by atoms with Gasteiger partial charge in [-0.25, -0.2) is 0 Å². The molecule has 2 aromatic carbocycles. The zero-order chi connectivity index (χ0) is 19.9. The first-order valence-corrected chi connectivity index (χ1v) is 9.94. The molecule has 0 bridgehead atoms. The summed E-state index contributed by atoms with van der Waals surface area (Å²) in [6, 6.07) is 15.2.